The van der Waals surface area contributed by atoms with Crippen molar-refractivity contribution in [3.63, 3.8) is 0 Å². The molecule has 2 atom stereocenters. The Labute approximate surface area is 165 Å². The Morgan fingerprint density at radius 2 is 1.44 bits per heavy atom. The zero-order chi connectivity index (χ0) is 18.3. The van der Waals surface area contributed by atoms with Crippen molar-refractivity contribution >= 4 is 0 Å². The first-order valence-electron chi connectivity index (χ1n) is 11.0. The summed E-state index contributed by atoms with van der Waals surface area (Å²) >= 11 is 0. The SMILES string of the molecule is c1ccc(C(CNCCN2CCCC3CCCCC32)c2ccccc2)cc1. The van der Waals surface area contributed by atoms with Gasteiger partial charge in [-0.2, -0.15) is 0 Å². The van der Waals surface area contributed by atoms with Gasteiger partial charge in [-0.1, -0.05) is 73.5 Å². The molecule has 0 amide bonds. The average molecular weight is 363 g/mol. The predicted octanol–water partition coefficient (Wildman–Crippen LogP) is 5.06. The molecule has 0 bridgehead atoms. The third-order valence-corrected chi connectivity index (χ3v) is 6.69. The van der Waals surface area contributed by atoms with Crippen LogP contribution in [-0.2, 0) is 0 Å². The van der Waals surface area contributed by atoms with Crippen LogP contribution in [0.2, 0.25) is 0 Å². The van der Waals surface area contributed by atoms with Crippen molar-refractivity contribution in [2.45, 2.75) is 50.5 Å². The van der Waals surface area contributed by atoms with E-state index in [0.29, 0.717) is 5.92 Å². The van der Waals surface area contributed by atoms with Crippen LogP contribution < -0.4 is 5.32 Å². The molecular formula is C25H34N2. The number of likely N-dealkylation sites (tertiary alicyclic amines) is 1. The quantitative estimate of drug-likeness (QED) is 0.692. The summed E-state index contributed by atoms with van der Waals surface area (Å²) in [7, 11) is 0. The Balaban J connectivity index is 1.33. The van der Waals surface area contributed by atoms with Crippen molar-refractivity contribution in [1.82, 2.24) is 10.2 Å². The molecule has 2 heteroatoms. The number of nitrogens with one attached hydrogen (secondary N) is 1. The van der Waals surface area contributed by atoms with E-state index in [9.17, 15) is 0 Å². The van der Waals surface area contributed by atoms with Crippen LogP contribution in [0.25, 0.3) is 0 Å². The topological polar surface area (TPSA) is 15.3 Å². The second-order valence-electron chi connectivity index (χ2n) is 8.37. The van der Waals surface area contributed by atoms with E-state index in [2.05, 4.69) is 70.9 Å². The standard InChI is InChI=1S/C25H34N2/c1-3-10-21(11-4-1)24(22-12-5-2-6-13-22)20-26-17-19-27-18-9-15-23-14-7-8-16-25(23)27/h1-6,10-13,23-26H,7-9,14-20H2. The van der Waals surface area contributed by atoms with E-state index in [1.165, 1.54) is 62.7 Å². The van der Waals surface area contributed by atoms with E-state index in [1.54, 1.807) is 0 Å². The summed E-state index contributed by atoms with van der Waals surface area (Å²) in [4.78, 5) is 2.79. The Kier molecular flexibility index (Phi) is 6.60. The van der Waals surface area contributed by atoms with Crippen LogP contribution in [0.4, 0.5) is 0 Å². The van der Waals surface area contributed by atoms with Crippen LogP contribution in [0.3, 0.4) is 0 Å². The Morgan fingerprint density at radius 1 is 0.815 bits per heavy atom. The third kappa shape index (κ3) is 4.80. The largest absolute Gasteiger partial charge is 0.315 e. The smallest absolute Gasteiger partial charge is 0.0214 e. The molecule has 1 heterocycles. The van der Waals surface area contributed by atoms with E-state index in [1.807, 2.05) is 0 Å². The summed E-state index contributed by atoms with van der Waals surface area (Å²) < 4.78 is 0. The van der Waals surface area contributed by atoms with Gasteiger partial charge in [0, 0.05) is 31.6 Å². The lowest BCUT2D eigenvalue weighted by atomic mass is 9.78. The molecule has 2 aromatic rings. The minimum atomic E-state index is 0.427. The molecule has 0 aromatic heterocycles. The van der Waals surface area contributed by atoms with Gasteiger partial charge in [0.05, 0.1) is 0 Å². The van der Waals surface area contributed by atoms with Crippen LogP contribution >= 0.6 is 0 Å². The summed E-state index contributed by atoms with van der Waals surface area (Å²) in [5, 5.41) is 3.78. The van der Waals surface area contributed by atoms with Crippen LogP contribution in [0.1, 0.15) is 55.6 Å². The van der Waals surface area contributed by atoms with Crippen molar-refractivity contribution in [3.8, 4) is 0 Å². The molecule has 2 fully saturated rings. The molecule has 1 aliphatic carbocycles. The molecule has 2 aromatic carbocycles. The lowest BCUT2D eigenvalue weighted by Crippen LogP contribution is -2.49. The fourth-order valence-electron chi connectivity index (χ4n) is 5.27. The number of rotatable bonds is 7. The van der Waals surface area contributed by atoms with E-state index >= 15 is 0 Å². The molecule has 1 saturated carbocycles. The fourth-order valence-corrected chi connectivity index (χ4v) is 5.27. The van der Waals surface area contributed by atoms with Crippen molar-refractivity contribution in [2.75, 3.05) is 26.2 Å². The molecule has 0 spiro atoms. The van der Waals surface area contributed by atoms with Crippen LogP contribution in [0.15, 0.2) is 60.7 Å². The third-order valence-electron chi connectivity index (χ3n) is 6.69. The van der Waals surface area contributed by atoms with Gasteiger partial charge in [0.25, 0.3) is 0 Å². The molecule has 4 rings (SSSR count). The molecule has 144 valence electrons. The van der Waals surface area contributed by atoms with Gasteiger partial charge in [0.2, 0.25) is 0 Å². The van der Waals surface area contributed by atoms with E-state index in [-0.39, 0.29) is 0 Å². The first-order chi connectivity index (χ1) is 13.4. The molecule has 2 aliphatic rings. The normalized spacial score (nSPS) is 23.3. The molecule has 2 nitrogen and oxygen atoms in total. The molecular weight excluding hydrogens is 328 g/mol. The van der Waals surface area contributed by atoms with Gasteiger partial charge in [-0.05, 0) is 49.3 Å². The zero-order valence-electron chi connectivity index (χ0n) is 16.5. The van der Waals surface area contributed by atoms with Gasteiger partial charge in [-0.15, -0.1) is 0 Å². The Bertz CT molecular complexity index is 628. The van der Waals surface area contributed by atoms with E-state index < -0.39 is 0 Å². The summed E-state index contributed by atoms with van der Waals surface area (Å²) in [5.74, 6) is 1.41. The van der Waals surface area contributed by atoms with Gasteiger partial charge in [-0.3, -0.25) is 4.90 Å². The highest BCUT2D eigenvalue weighted by Gasteiger charge is 2.32. The van der Waals surface area contributed by atoms with Crippen LogP contribution in [-0.4, -0.2) is 37.1 Å². The summed E-state index contributed by atoms with van der Waals surface area (Å²) in [6.07, 6.45) is 8.68. The highest BCUT2D eigenvalue weighted by atomic mass is 15.2. The number of piperidine rings is 1. The maximum atomic E-state index is 3.78. The Morgan fingerprint density at radius 3 is 2.15 bits per heavy atom. The number of hydrogen-bond acceptors (Lipinski definition) is 2. The summed E-state index contributed by atoms with van der Waals surface area (Å²) in [6, 6.07) is 22.7. The average Bonchev–Trinajstić information content (AvgIpc) is 2.75. The lowest BCUT2D eigenvalue weighted by molar-refractivity contribution is 0.0619. The highest BCUT2D eigenvalue weighted by molar-refractivity contribution is 5.32. The molecule has 27 heavy (non-hydrogen) atoms. The van der Waals surface area contributed by atoms with Crippen molar-refractivity contribution in [1.29, 1.82) is 0 Å². The van der Waals surface area contributed by atoms with Gasteiger partial charge < -0.3 is 5.32 Å². The number of benzene rings is 2. The minimum absolute atomic E-state index is 0.427. The maximum absolute atomic E-state index is 3.78. The van der Waals surface area contributed by atoms with Crippen LogP contribution in [0, 0.1) is 5.92 Å². The van der Waals surface area contributed by atoms with E-state index in [4.69, 9.17) is 0 Å². The summed E-state index contributed by atoms with van der Waals surface area (Å²) in [5.41, 5.74) is 2.81. The molecule has 2 unspecified atom stereocenters. The monoisotopic (exact) mass is 362 g/mol. The Hall–Kier alpha value is -1.64. The van der Waals surface area contributed by atoms with E-state index in [0.717, 1.165) is 25.0 Å². The van der Waals surface area contributed by atoms with Crippen molar-refractivity contribution in [2.24, 2.45) is 5.92 Å². The summed E-state index contributed by atoms with van der Waals surface area (Å²) in [6.45, 7) is 4.62. The first-order valence-corrected chi connectivity index (χ1v) is 11.0. The van der Waals surface area contributed by atoms with Crippen molar-refractivity contribution < 1.29 is 0 Å². The molecule has 0 radical (unpaired) electrons. The van der Waals surface area contributed by atoms with Crippen LogP contribution in [0.5, 0.6) is 0 Å². The number of nitrogens with zero attached hydrogens (tertiary/aromatic N) is 1. The van der Waals surface area contributed by atoms with Gasteiger partial charge >= 0.3 is 0 Å². The molecule has 1 N–H and O–H groups in total. The minimum Gasteiger partial charge on any atom is -0.315 e. The second kappa shape index (κ2) is 9.52. The first kappa shape index (κ1) is 18.7. The van der Waals surface area contributed by atoms with Gasteiger partial charge in [-0.25, -0.2) is 0 Å². The number of hydrogen-bond donors (Lipinski definition) is 1. The lowest BCUT2D eigenvalue weighted by Gasteiger charge is -2.44. The predicted molar refractivity (Wildman–Crippen MR) is 114 cm³/mol. The second-order valence-corrected chi connectivity index (χ2v) is 8.37. The molecule has 1 aliphatic heterocycles. The highest BCUT2D eigenvalue weighted by Crippen LogP contribution is 2.34. The van der Waals surface area contributed by atoms with Gasteiger partial charge in [0.15, 0.2) is 0 Å². The zero-order valence-corrected chi connectivity index (χ0v) is 16.5. The molecule has 1 saturated heterocycles. The fraction of sp³-hybridized carbons (Fsp3) is 0.520. The van der Waals surface area contributed by atoms with Gasteiger partial charge in [0.1, 0.15) is 0 Å². The number of fused-ring (bicyclic) bond motifs is 1. The van der Waals surface area contributed by atoms with Crippen molar-refractivity contribution in [3.05, 3.63) is 71.8 Å². The maximum Gasteiger partial charge on any atom is 0.0214 e.